The van der Waals surface area contributed by atoms with E-state index in [1.165, 1.54) is 19.5 Å². The molecule has 0 saturated carbocycles. The highest BCUT2D eigenvalue weighted by molar-refractivity contribution is 5.46. The number of nitrogen functional groups attached to an aromatic ring is 1. The van der Waals surface area contributed by atoms with Crippen molar-refractivity contribution < 1.29 is 0 Å². The van der Waals surface area contributed by atoms with Crippen molar-refractivity contribution in [2.75, 3.05) is 44.4 Å². The fraction of sp³-hybridized carbons (Fsp3) is 0.714. The van der Waals surface area contributed by atoms with E-state index in [0.29, 0.717) is 17.7 Å². The Bertz CT molecular complexity index is 432. The maximum Gasteiger partial charge on any atom is 0.135 e. The van der Waals surface area contributed by atoms with Crippen LogP contribution in [0.25, 0.3) is 0 Å². The Balaban J connectivity index is 2.08. The summed E-state index contributed by atoms with van der Waals surface area (Å²) in [5.41, 5.74) is 5.88. The number of hydrogen-bond acceptors (Lipinski definition) is 5. The molecule has 1 unspecified atom stereocenters. The van der Waals surface area contributed by atoms with Gasteiger partial charge in [-0.05, 0) is 25.9 Å². The Morgan fingerprint density at radius 3 is 2.79 bits per heavy atom. The lowest BCUT2D eigenvalue weighted by Crippen LogP contribution is -2.28. The molecule has 1 fully saturated rings. The molecule has 0 spiro atoms. The second kappa shape index (κ2) is 5.74. The Kier molecular flexibility index (Phi) is 4.24. The van der Waals surface area contributed by atoms with Gasteiger partial charge in [0.05, 0.1) is 0 Å². The minimum atomic E-state index is 0.299. The summed E-state index contributed by atoms with van der Waals surface area (Å²) in [4.78, 5) is 13.5. The topological polar surface area (TPSA) is 58.3 Å². The highest BCUT2D eigenvalue weighted by Gasteiger charge is 2.21. The molecule has 2 heterocycles. The maximum absolute atomic E-state index is 5.88. The SMILES string of the molecule is CC(C)c1nc(N)cc(N(C)CC2CCN(C)C2)n1. The van der Waals surface area contributed by atoms with Crippen LogP contribution >= 0.6 is 0 Å². The van der Waals surface area contributed by atoms with Crippen LogP contribution in [0.5, 0.6) is 0 Å². The summed E-state index contributed by atoms with van der Waals surface area (Å²) in [6.45, 7) is 7.57. The molecule has 1 saturated heterocycles. The zero-order chi connectivity index (χ0) is 14.0. The summed E-state index contributed by atoms with van der Waals surface area (Å²) >= 11 is 0. The Labute approximate surface area is 115 Å². The summed E-state index contributed by atoms with van der Waals surface area (Å²) in [6, 6.07) is 1.87. The largest absolute Gasteiger partial charge is 0.384 e. The Morgan fingerprint density at radius 2 is 2.21 bits per heavy atom. The first-order chi connectivity index (χ1) is 8.95. The summed E-state index contributed by atoms with van der Waals surface area (Å²) in [7, 11) is 4.27. The van der Waals surface area contributed by atoms with E-state index in [0.717, 1.165) is 18.2 Å². The van der Waals surface area contributed by atoms with Crippen LogP contribution in [0.2, 0.25) is 0 Å². The molecular formula is C14H25N5. The molecule has 1 aromatic rings. The van der Waals surface area contributed by atoms with Gasteiger partial charge in [0.2, 0.25) is 0 Å². The van der Waals surface area contributed by atoms with Crippen molar-refractivity contribution in [2.45, 2.75) is 26.2 Å². The Hall–Kier alpha value is -1.36. The molecule has 106 valence electrons. The zero-order valence-electron chi connectivity index (χ0n) is 12.4. The smallest absolute Gasteiger partial charge is 0.135 e. The molecule has 2 N–H and O–H groups in total. The standard InChI is InChI=1S/C14H25N5/c1-10(2)14-16-12(15)7-13(17-14)19(4)9-11-5-6-18(3)8-11/h7,10-11H,5-6,8-9H2,1-4H3,(H2,15,16,17). The van der Waals surface area contributed by atoms with Crippen LogP contribution in [0.15, 0.2) is 6.07 Å². The third kappa shape index (κ3) is 3.56. The van der Waals surface area contributed by atoms with Gasteiger partial charge in [0.25, 0.3) is 0 Å². The van der Waals surface area contributed by atoms with Crippen LogP contribution in [-0.4, -0.2) is 48.6 Å². The first kappa shape index (κ1) is 14.1. The highest BCUT2D eigenvalue weighted by Crippen LogP contribution is 2.21. The van der Waals surface area contributed by atoms with Crippen LogP contribution in [0.4, 0.5) is 11.6 Å². The van der Waals surface area contributed by atoms with E-state index >= 15 is 0 Å². The van der Waals surface area contributed by atoms with E-state index in [2.05, 4.69) is 47.7 Å². The predicted molar refractivity (Wildman–Crippen MR) is 79.4 cm³/mol. The quantitative estimate of drug-likeness (QED) is 0.893. The maximum atomic E-state index is 5.88. The molecule has 0 radical (unpaired) electrons. The monoisotopic (exact) mass is 263 g/mol. The average molecular weight is 263 g/mol. The molecule has 5 heteroatoms. The third-order valence-corrected chi connectivity index (χ3v) is 3.68. The number of hydrogen-bond donors (Lipinski definition) is 1. The summed E-state index contributed by atoms with van der Waals surface area (Å²) in [5, 5.41) is 0. The molecular weight excluding hydrogens is 238 g/mol. The van der Waals surface area contributed by atoms with Gasteiger partial charge in [-0.15, -0.1) is 0 Å². The van der Waals surface area contributed by atoms with Crippen molar-refractivity contribution in [3.05, 3.63) is 11.9 Å². The van der Waals surface area contributed by atoms with Gasteiger partial charge in [-0.1, -0.05) is 13.8 Å². The van der Waals surface area contributed by atoms with Crippen molar-refractivity contribution in [1.29, 1.82) is 0 Å². The highest BCUT2D eigenvalue weighted by atomic mass is 15.2. The third-order valence-electron chi connectivity index (χ3n) is 3.68. The second-order valence-electron chi connectivity index (χ2n) is 5.96. The number of nitrogens with two attached hydrogens (primary N) is 1. The zero-order valence-corrected chi connectivity index (χ0v) is 12.4. The molecule has 0 aliphatic carbocycles. The van der Waals surface area contributed by atoms with Crippen LogP contribution in [0, 0.1) is 5.92 Å². The van der Waals surface area contributed by atoms with E-state index in [9.17, 15) is 0 Å². The second-order valence-corrected chi connectivity index (χ2v) is 5.96. The van der Waals surface area contributed by atoms with E-state index in [1.807, 2.05) is 6.07 Å². The number of aromatic nitrogens is 2. The fourth-order valence-electron chi connectivity index (χ4n) is 2.58. The molecule has 1 aliphatic heterocycles. The molecule has 1 aromatic heterocycles. The minimum absolute atomic E-state index is 0.299. The lowest BCUT2D eigenvalue weighted by Gasteiger charge is -2.23. The van der Waals surface area contributed by atoms with Crippen LogP contribution < -0.4 is 10.6 Å². The van der Waals surface area contributed by atoms with Gasteiger partial charge in [0.1, 0.15) is 17.5 Å². The number of anilines is 2. The van der Waals surface area contributed by atoms with E-state index in [1.54, 1.807) is 0 Å². The van der Waals surface area contributed by atoms with Crippen LogP contribution in [-0.2, 0) is 0 Å². The van der Waals surface area contributed by atoms with Crippen molar-refractivity contribution in [2.24, 2.45) is 5.92 Å². The first-order valence-corrected chi connectivity index (χ1v) is 7.00. The fourth-order valence-corrected chi connectivity index (χ4v) is 2.58. The molecule has 0 aromatic carbocycles. The van der Waals surface area contributed by atoms with Gasteiger partial charge in [0.15, 0.2) is 0 Å². The van der Waals surface area contributed by atoms with E-state index in [4.69, 9.17) is 5.73 Å². The van der Waals surface area contributed by atoms with Gasteiger partial charge >= 0.3 is 0 Å². The van der Waals surface area contributed by atoms with Crippen molar-refractivity contribution in [3.63, 3.8) is 0 Å². The van der Waals surface area contributed by atoms with E-state index in [-0.39, 0.29) is 0 Å². The van der Waals surface area contributed by atoms with E-state index < -0.39 is 0 Å². The summed E-state index contributed by atoms with van der Waals surface area (Å²) < 4.78 is 0. The molecule has 0 amide bonds. The van der Waals surface area contributed by atoms with Crippen LogP contribution in [0.1, 0.15) is 32.0 Å². The normalized spacial score (nSPS) is 20.2. The average Bonchev–Trinajstić information content (AvgIpc) is 2.73. The van der Waals surface area contributed by atoms with Gasteiger partial charge in [-0.3, -0.25) is 0 Å². The first-order valence-electron chi connectivity index (χ1n) is 7.00. The summed E-state index contributed by atoms with van der Waals surface area (Å²) in [5.74, 6) is 3.34. The number of likely N-dealkylation sites (tertiary alicyclic amines) is 1. The number of rotatable bonds is 4. The number of nitrogens with zero attached hydrogens (tertiary/aromatic N) is 4. The molecule has 0 bridgehead atoms. The van der Waals surface area contributed by atoms with Gasteiger partial charge < -0.3 is 15.5 Å². The molecule has 5 nitrogen and oxygen atoms in total. The van der Waals surface area contributed by atoms with Crippen molar-refractivity contribution in [1.82, 2.24) is 14.9 Å². The molecule has 19 heavy (non-hydrogen) atoms. The lowest BCUT2D eigenvalue weighted by molar-refractivity contribution is 0.395. The molecule has 1 atom stereocenters. The predicted octanol–water partition coefficient (Wildman–Crippen LogP) is 1.57. The molecule has 1 aliphatic rings. The Morgan fingerprint density at radius 1 is 1.47 bits per heavy atom. The van der Waals surface area contributed by atoms with Crippen molar-refractivity contribution >= 4 is 11.6 Å². The summed E-state index contributed by atoms with van der Waals surface area (Å²) in [6.07, 6.45) is 1.26. The van der Waals surface area contributed by atoms with Gasteiger partial charge in [-0.25, -0.2) is 9.97 Å². The minimum Gasteiger partial charge on any atom is -0.384 e. The van der Waals surface area contributed by atoms with Crippen LogP contribution in [0.3, 0.4) is 0 Å². The van der Waals surface area contributed by atoms with Gasteiger partial charge in [0, 0.05) is 32.1 Å². The van der Waals surface area contributed by atoms with Gasteiger partial charge in [-0.2, -0.15) is 0 Å². The molecule has 2 rings (SSSR count). The lowest BCUT2D eigenvalue weighted by atomic mass is 10.1. The van der Waals surface area contributed by atoms with Crippen molar-refractivity contribution in [3.8, 4) is 0 Å².